The van der Waals surface area contributed by atoms with Crippen molar-refractivity contribution in [3.63, 3.8) is 0 Å². The van der Waals surface area contributed by atoms with E-state index in [1.54, 1.807) is 17.0 Å². The number of nitrogens with two attached hydrogens (primary N) is 1. The summed E-state index contributed by atoms with van der Waals surface area (Å²) < 4.78 is 5.95. The summed E-state index contributed by atoms with van der Waals surface area (Å²) in [6.07, 6.45) is 5.04. The number of fused-ring (bicyclic) bond motifs is 1. The van der Waals surface area contributed by atoms with Crippen LogP contribution in [0.15, 0.2) is 42.5 Å². The number of benzene rings is 1. The molecule has 1 unspecified atom stereocenters. The van der Waals surface area contributed by atoms with Gasteiger partial charge in [-0.25, -0.2) is 4.98 Å². The van der Waals surface area contributed by atoms with Crippen molar-refractivity contribution in [2.45, 2.75) is 45.1 Å². The molecule has 2 N–H and O–H groups in total. The Balaban J connectivity index is 1.83. The molecule has 2 aromatic rings. The van der Waals surface area contributed by atoms with Gasteiger partial charge >= 0.3 is 0 Å². The predicted molar refractivity (Wildman–Crippen MR) is 99.6 cm³/mol. The monoisotopic (exact) mass is 339 g/mol. The minimum atomic E-state index is -0.630. The van der Waals surface area contributed by atoms with Crippen LogP contribution in [0, 0.1) is 0 Å². The summed E-state index contributed by atoms with van der Waals surface area (Å²) in [6.45, 7) is 2.83. The fraction of sp³-hybridized carbons (Fsp3) is 0.400. The average molecular weight is 339 g/mol. The maximum absolute atomic E-state index is 13.0. The molecule has 0 saturated carbocycles. The number of anilines is 2. The minimum Gasteiger partial charge on any atom is -0.472 e. The highest BCUT2D eigenvalue weighted by Gasteiger charge is 2.36. The molecule has 0 aliphatic carbocycles. The Morgan fingerprint density at radius 3 is 2.60 bits per heavy atom. The number of pyridine rings is 1. The molecule has 1 aliphatic heterocycles. The molecule has 1 amide bonds. The first kappa shape index (κ1) is 17.3. The number of aromatic nitrogens is 1. The van der Waals surface area contributed by atoms with Crippen LogP contribution >= 0.6 is 0 Å². The summed E-state index contributed by atoms with van der Waals surface area (Å²) in [5.41, 5.74) is 6.68. The van der Waals surface area contributed by atoms with Gasteiger partial charge < -0.3 is 10.5 Å². The van der Waals surface area contributed by atoms with E-state index in [-0.39, 0.29) is 5.91 Å². The topological polar surface area (TPSA) is 68.5 Å². The second-order valence-electron chi connectivity index (χ2n) is 6.37. The average Bonchev–Trinajstić information content (AvgIpc) is 2.63. The zero-order valence-electron chi connectivity index (χ0n) is 14.6. The molecule has 0 spiro atoms. The van der Waals surface area contributed by atoms with Gasteiger partial charge in [-0.2, -0.15) is 0 Å². The maximum Gasteiger partial charge on any atom is 0.274 e. The molecule has 0 bridgehead atoms. The molecule has 0 saturated heterocycles. The quantitative estimate of drug-likeness (QED) is 0.771. The third-order valence-electron chi connectivity index (χ3n) is 4.44. The van der Waals surface area contributed by atoms with Crippen LogP contribution in [0.4, 0.5) is 11.6 Å². The maximum atomic E-state index is 13.0. The number of hydrogen-bond acceptors (Lipinski definition) is 4. The number of carbonyl (C=O) groups excluding carboxylic acids is 1. The first-order valence-corrected chi connectivity index (χ1v) is 9.00. The Labute approximate surface area is 148 Å². The van der Waals surface area contributed by atoms with Gasteiger partial charge in [-0.1, -0.05) is 62.9 Å². The molecule has 1 aromatic heterocycles. The summed E-state index contributed by atoms with van der Waals surface area (Å²) in [5, 5.41) is 0. The van der Waals surface area contributed by atoms with Crippen molar-refractivity contribution in [2.75, 3.05) is 17.2 Å². The molecule has 5 heteroatoms. The Kier molecular flexibility index (Phi) is 5.53. The lowest BCUT2D eigenvalue weighted by Crippen LogP contribution is -2.42. The second-order valence-corrected chi connectivity index (χ2v) is 6.37. The van der Waals surface area contributed by atoms with Crippen molar-refractivity contribution < 1.29 is 9.53 Å². The van der Waals surface area contributed by atoms with Gasteiger partial charge in [-0.05, 0) is 18.6 Å². The number of carbonyl (C=O) groups is 1. The van der Waals surface area contributed by atoms with Gasteiger partial charge in [0.2, 0.25) is 6.10 Å². The van der Waals surface area contributed by atoms with E-state index in [0.29, 0.717) is 23.9 Å². The van der Waals surface area contributed by atoms with Crippen LogP contribution in [0.2, 0.25) is 0 Å². The second kappa shape index (κ2) is 8.01. The zero-order valence-corrected chi connectivity index (χ0v) is 14.6. The molecule has 0 radical (unpaired) electrons. The number of hydrogen-bond donors (Lipinski definition) is 1. The first-order valence-electron chi connectivity index (χ1n) is 9.00. The fourth-order valence-corrected chi connectivity index (χ4v) is 3.09. The van der Waals surface area contributed by atoms with E-state index in [9.17, 15) is 4.79 Å². The molecule has 132 valence electrons. The summed E-state index contributed by atoms with van der Waals surface area (Å²) in [4.78, 5) is 19.1. The molecular weight excluding hydrogens is 314 g/mol. The number of ether oxygens (including phenoxy) is 1. The van der Waals surface area contributed by atoms with Crippen molar-refractivity contribution in [3.8, 4) is 5.75 Å². The SMILES string of the molecule is CCCCCCCN1C(=O)C(c2ccccc2)Oc2ccc(N)nc21. The molecule has 2 heterocycles. The number of nitrogens with zero attached hydrogens (tertiary/aromatic N) is 2. The first-order chi connectivity index (χ1) is 12.2. The molecule has 5 nitrogen and oxygen atoms in total. The Morgan fingerprint density at radius 2 is 1.84 bits per heavy atom. The summed E-state index contributed by atoms with van der Waals surface area (Å²) >= 11 is 0. The van der Waals surface area contributed by atoms with E-state index >= 15 is 0 Å². The van der Waals surface area contributed by atoms with Crippen LogP contribution in [0.25, 0.3) is 0 Å². The smallest absolute Gasteiger partial charge is 0.274 e. The molecule has 25 heavy (non-hydrogen) atoms. The van der Waals surface area contributed by atoms with E-state index in [1.165, 1.54) is 19.3 Å². The van der Waals surface area contributed by atoms with Gasteiger partial charge in [0.25, 0.3) is 5.91 Å². The minimum absolute atomic E-state index is 0.0766. The molecular formula is C20H25N3O2. The molecule has 1 aromatic carbocycles. The predicted octanol–water partition coefficient (Wildman–Crippen LogP) is 4.10. The summed E-state index contributed by atoms with van der Waals surface area (Å²) in [7, 11) is 0. The van der Waals surface area contributed by atoms with Crippen LogP contribution in [-0.2, 0) is 4.79 Å². The van der Waals surface area contributed by atoms with Crippen LogP contribution < -0.4 is 15.4 Å². The van der Waals surface area contributed by atoms with Crippen LogP contribution in [0.3, 0.4) is 0 Å². The third-order valence-corrected chi connectivity index (χ3v) is 4.44. The van der Waals surface area contributed by atoms with Gasteiger partial charge in [0, 0.05) is 12.1 Å². The Bertz CT molecular complexity index is 718. The molecule has 0 fully saturated rings. The highest BCUT2D eigenvalue weighted by atomic mass is 16.5. The fourth-order valence-electron chi connectivity index (χ4n) is 3.09. The van der Waals surface area contributed by atoms with E-state index < -0.39 is 6.10 Å². The van der Waals surface area contributed by atoms with Crippen molar-refractivity contribution in [3.05, 3.63) is 48.0 Å². The van der Waals surface area contributed by atoms with E-state index in [4.69, 9.17) is 10.5 Å². The van der Waals surface area contributed by atoms with Gasteiger partial charge in [0.1, 0.15) is 5.82 Å². The number of amides is 1. The lowest BCUT2D eigenvalue weighted by molar-refractivity contribution is -0.126. The molecule has 1 atom stereocenters. The van der Waals surface area contributed by atoms with Gasteiger partial charge in [-0.3, -0.25) is 9.69 Å². The normalized spacial score (nSPS) is 16.4. The molecule has 3 rings (SSSR count). The highest BCUT2D eigenvalue weighted by molar-refractivity contribution is 5.99. The Hall–Kier alpha value is -2.56. The largest absolute Gasteiger partial charge is 0.472 e. The lowest BCUT2D eigenvalue weighted by atomic mass is 10.1. The number of unbranched alkanes of at least 4 members (excludes halogenated alkanes) is 4. The van der Waals surface area contributed by atoms with Crippen molar-refractivity contribution in [1.29, 1.82) is 0 Å². The van der Waals surface area contributed by atoms with E-state index in [1.807, 2.05) is 30.3 Å². The van der Waals surface area contributed by atoms with E-state index in [2.05, 4.69) is 11.9 Å². The van der Waals surface area contributed by atoms with E-state index in [0.717, 1.165) is 18.4 Å². The molecule has 1 aliphatic rings. The third kappa shape index (κ3) is 3.92. The van der Waals surface area contributed by atoms with Gasteiger partial charge in [0.15, 0.2) is 11.6 Å². The van der Waals surface area contributed by atoms with Gasteiger partial charge in [0.05, 0.1) is 0 Å². The summed E-state index contributed by atoms with van der Waals surface area (Å²) in [6, 6.07) is 13.1. The van der Waals surface area contributed by atoms with Crippen LogP contribution in [0.5, 0.6) is 5.75 Å². The van der Waals surface area contributed by atoms with Crippen molar-refractivity contribution >= 4 is 17.5 Å². The Morgan fingerprint density at radius 1 is 1.08 bits per heavy atom. The van der Waals surface area contributed by atoms with Crippen molar-refractivity contribution in [1.82, 2.24) is 4.98 Å². The number of nitrogen functional groups attached to an aromatic ring is 1. The summed E-state index contributed by atoms with van der Waals surface area (Å²) in [5.74, 6) is 1.46. The standard InChI is InChI=1S/C20H25N3O2/c1-2-3-4-5-9-14-23-19-16(12-13-17(21)22-19)25-18(20(23)24)15-10-7-6-8-11-15/h6-8,10-13,18H,2-5,9,14H2,1H3,(H2,21,22). The highest BCUT2D eigenvalue weighted by Crippen LogP contribution is 2.38. The zero-order chi connectivity index (χ0) is 17.6. The van der Waals surface area contributed by atoms with Crippen LogP contribution in [-0.4, -0.2) is 17.4 Å². The van der Waals surface area contributed by atoms with Crippen molar-refractivity contribution in [2.24, 2.45) is 0 Å². The lowest BCUT2D eigenvalue weighted by Gasteiger charge is -2.33. The van der Waals surface area contributed by atoms with Gasteiger partial charge in [-0.15, -0.1) is 0 Å². The number of rotatable bonds is 7. The van der Waals surface area contributed by atoms with Crippen LogP contribution in [0.1, 0.15) is 50.7 Å².